The molecule has 1 aliphatic carbocycles. The Bertz CT molecular complexity index is 373. The maximum atomic E-state index is 12.4. The number of carboxylic acids is 1. The fourth-order valence-corrected chi connectivity index (χ4v) is 4.80. The smallest absolute Gasteiger partial charge is 0.317 e. The van der Waals surface area contributed by atoms with E-state index in [2.05, 4.69) is 11.6 Å². The minimum Gasteiger partial charge on any atom is -0.481 e. The van der Waals surface area contributed by atoms with E-state index in [-0.39, 0.29) is 24.5 Å². The van der Waals surface area contributed by atoms with E-state index in [0.717, 1.165) is 42.4 Å². The highest BCUT2D eigenvalue weighted by molar-refractivity contribution is 7.99. The number of carbonyl (C=O) groups excluding carboxylic acids is 1. The Morgan fingerprint density at radius 1 is 1.33 bits per heavy atom. The molecule has 0 aromatic rings. The molecule has 1 atom stereocenters. The van der Waals surface area contributed by atoms with Crippen LogP contribution in [0.2, 0.25) is 0 Å². The van der Waals surface area contributed by atoms with Crippen LogP contribution in [0.5, 0.6) is 0 Å². The lowest BCUT2D eigenvalue weighted by Gasteiger charge is -2.36. The second-order valence-corrected chi connectivity index (χ2v) is 7.97. The van der Waals surface area contributed by atoms with Gasteiger partial charge in [-0.2, -0.15) is 23.5 Å². The zero-order chi connectivity index (χ0) is 15.2. The van der Waals surface area contributed by atoms with Crippen molar-refractivity contribution in [3.8, 4) is 0 Å². The van der Waals surface area contributed by atoms with Crippen LogP contribution in [0.25, 0.3) is 0 Å². The van der Waals surface area contributed by atoms with Gasteiger partial charge in [0.25, 0.3) is 0 Å². The topological polar surface area (TPSA) is 69.6 Å². The van der Waals surface area contributed by atoms with Gasteiger partial charge in [0.15, 0.2) is 0 Å². The first-order chi connectivity index (χ1) is 10.1. The molecule has 5 nitrogen and oxygen atoms in total. The number of aliphatic carboxylic acids is 1. The van der Waals surface area contributed by atoms with E-state index in [1.54, 1.807) is 16.7 Å². The van der Waals surface area contributed by atoms with E-state index in [9.17, 15) is 9.59 Å². The number of hydrogen-bond donors (Lipinski definition) is 2. The number of amides is 2. The van der Waals surface area contributed by atoms with Gasteiger partial charge in [-0.1, -0.05) is 0 Å². The minimum atomic E-state index is -0.833. The molecule has 0 aromatic carbocycles. The van der Waals surface area contributed by atoms with Crippen LogP contribution in [0.15, 0.2) is 0 Å². The summed E-state index contributed by atoms with van der Waals surface area (Å²) in [7, 11) is 0. The van der Waals surface area contributed by atoms with Crippen LogP contribution >= 0.6 is 23.5 Å². The number of carboxylic acid groups (broad SMARTS) is 1. The first-order valence-corrected chi connectivity index (χ1v) is 9.94. The van der Waals surface area contributed by atoms with Gasteiger partial charge in [-0.3, -0.25) is 4.79 Å². The van der Waals surface area contributed by atoms with E-state index >= 15 is 0 Å². The van der Waals surface area contributed by atoms with Gasteiger partial charge >= 0.3 is 12.0 Å². The fraction of sp³-hybridized carbons (Fsp3) is 0.857. The predicted octanol–water partition coefficient (Wildman–Crippen LogP) is 2.26. The van der Waals surface area contributed by atoms with Gasteiger partial charge in [-0.05, 0) is 31.9 Å². The monoisotopic (exact) mass is 332 g/mol. The molecule has 0 aromatic heterocycles. The summed E-state index contributed by atoms with van der Waals surface area (Å²) in [6.45, 7) is 0.647. The van der Waals surface area contributed by atoms with Crippen molar-refractivity contribution in [2.45, 2.75) is 49.4 Å². The molecule has 7 heteroatoms. The summed E-state index contributed by atoms with van der Waals surface area (Å²) in [5.74, 6) is 0.780. The lowest BCUT2D eigenvalue weighted by atomic mass is 9.95. The molecule has 1 saturated carbocycles. The molecule has 1 aliphatic heterocycles. The average Bonchev–Trinajstić information content (AvgIpc) is 2.48. The van der Waals surface area contributed by atoms with Crippen molar-refractivity contribution in [3.05, 3.63) is 0 Å². The standard InChI is InChI=1S/C14H24N2O3S2/c1-20-12-4-2-10(3-5-12)15-14(19)16-6-7-21-9-11(16)8-13(17)18/h10-12H,2-9H2,1H3,(H,15,19)(H,17,18). The van der Waals surface area contributed by atoms with Crippen LogP contribution in [-0.4, -0.2) is 63.6 Å². The quantitative estimate of drug-likeness (QED) is 0.826. The summed E-state index contributed by atoms with van der Waals surface area (Å²) in [6.07, 6.45) is 6.55. The molecule has 120 valence electrons. The number of rotatable bonds is 4. The summed E-state index contributed by atoms with van der Waals surface area (Å²) in [4.78, 5) is 25.1. The number of nitrogens with zero attached hydrogens (tertiary/aromatic N) is 1. The van der Waals surface area contributed by atoms with Crippen LogP contribution in [0.3, 0.4) is 0 Å². The van der Waals surface area contributed by atoms with Gasteiger partial charge in [0.05, 0.1) is 12.5 Å². The fourth-order valence-electron chi connectivity index (χ4n) is 2.99. The average molecular weight is 332 g/mol. The molecule has 2 N–H and O–H groups in total. The van der Waals surface area contributed by atoms with Gasteiger partial charge in [0.2, 0.25) is 0 Å². The molecule has 2 rings (SSSR count). The Morgan fingerprint density at radius 2 is 2.05 bits per heavy atom. The number of thioether (sulfide) groups is 2. The van der Waals surface area contributed by atoms with E-state index in [1.165, 1.54) is 0 Å². The summed E-state index contributed by atoms with van der Waals surface area (Å²) in [5, 5.41) is 12.8. The Labute approximate surface area is 134 Å². The molecule has 1 saturated heterocycles. The first kappa shape index (κ1) is 16.8. The lowest BCUT2D eigenvalue weighted by Crippen LogP contribution is -2.53. The molecule has 0 radical (unpaired) electrons. The Kier molecular flexibility index (Phi) is 6.54. The van der Waals surface area contributed by atoms with Crippen molar-refractivity contribution in [1.29, 1.82) is 0 Å². The lowest BCUT2D eigenvalue weighted by molar-refractivity contribution is -0.138. The highest BCUT2D eigenvalue weighted by Gasteiger charge is 2.30. The maximum Gasteiger partial charge on any atom is 0.317 e. The number of hydrogen-bond acceptors (Lipinski definition) is 4. The molecule has 2 amide bonds. The normalized spacial score (nSPS) is 30.0. The SMILES string of the molecule is CSC1CCC(NC(=O)N2CCSCC2CC(=O)O)CC1. The van der Waals surface area contributed by atoms with E-state index in [1.807, 2.05) is 11.8 Å². The third-order valence-electron chi connectivity index (χ3n) is 4.23. The molecular weight excluding hydrogens is 308 g/mol. The van der Waals surface area contributed by atoms with Crippen LogP contribution in [-0.2, 0) is 4.79 Å². The third-order valence-corrected chi connectivity index (χ3v) is 6.46. The first-order valence-electron chi connectivity index (χ1n) is 7.49. The molecule has 1 heterocycles. The van der Waals surface area contributed by atoms with Crippen LogP contribution < -0.4 is 5.32 Å². The minimum absolute atomic E-state index is 0.0413. The van der Waals surface area contributed by atoms with Gasteiger partial charge in [-0.15, -0.1) is 0 Å². The highest BCUT2D eigenvalue weighted by Crippen LogP contribution is 2.27. The van der Waals surface area contributed by atoms with Crippen molar-refractivity contribution in [3.63, 3.8) is 0 Å². The van der Waals surface area contributed by atoms with Crippen molar-refractivity contribution >= 4 is 35.5 Å². The summed E-state index contributed by atoms with van der Waals surface area (Å²) in [5.41, 5.74) is 0. The summed E-state index contributed by atoms with van der Waals surface area (Å²) < 4.78 is 0. The Hall–Kier alpha value is -0.560. The van der Waals surface area contributed by atoms with Crippen LogP contribution in [0.1, 0.15) is 32.1 Å². The van der Waals surface area contributed by atoms with Crippen molar-refractivity contribution in [1.82, 2.24) is 10.2 Å². The van der Waals surface area contributed by atoms with Crippen molar-refractivity contribution in [2.75, 3.05) is 24.3 Å². The highest BCUT2D eigenvalue weighted by atomic mass is 32.2. The van der Waals surface area contributed by atoms with E-state index < -0.39 is 5.97 Å². The second kappa shape index (κ2) is 8.17. The molecule has 0 bridgehead atoms. The molecule has 21 heavy (non-hydrogen) atoms. The van der Waals surface area contributed by atoms with Gasteiger partial charge < -0.3 is 15.3 Å². The largest absolute Gasteiger partial charge is 0.481 e. The van der Waals surface area contributed by atoms with E-state index in [4.69, 9.17) is 5.11 Å². The third kappa shape index (κ3) is 4.98. The van der Waals surface area contributed by atoms with Crippen molar-refractivity contribution < 1.29 is 14.7 Å². The van der Waals surface area contributed by atoms with Crippen LogP contribution in [0, 0.1) is 0 Å². The molecule has 2 fully saturated rings. The molecular formula is C14H24N2O3S2. The van der Waals surface area contributed by atoms with E-state index in [0.29, 0.717) is 6.54 Å². The number of urea groups is 1. The maximum absolute atomic E-state index is 12.4. The zero-order valence-corrected chi connectivity index (χ0v) is 14.0. The summed E-state index contributed by atoms with van der Waals surface area (Å²) in [6, 6.07) is -0.00102. The summed E-state index contributed by atoms with van der Waals surface area (Å²) >= 11 is 3.64. The van der Waals surface area contributed by atoms with Crippen LogP contribution in [0.4, 0.5) is 4.79 Å². The number of carbonyl (C=O) groups is 2. The predicted molar refractivity (Wildman–Crippen MR) is 88.2 cm³/mol. The van der Waals surface area contributed by atoms with Gasteiger partial charge in [-0.25, -0.2) is 4.79 Å². The second-order valence-electron chi connectivity index (χ2n) is 5.68. The van der Waals surface area contributed by atoms with Gasteiger partial charge in [0, 0.05) is 29.3 Å². The van der Waals surface area contributed by atoms with Crippen molar-refractivity contribution in [2.24, 2.45) is 0 Å². The zero-order valence-electron chi connectivity index (χ0n) is 12.4. The molecule has 0 spiro atoms. The Balaban J connectivity index is 1.84. The van der Waals surface area contributed by atoms with Gasteiger partial charge in [0.1, 0.15) is 0 Å². The molecule has 2 aliphatic rings. The Morgan fingerprint density at radius 3 is 2.67 bits per heavy atom. The number of nitrogens with one attached hydrogen (secondary N) is 1. The molecule has 1 unspecified atom stereocenters.